The molecule has 1 aromatic heterocycles. The Balaban J connectivity index is 2.07. The fourth-order valence-electron chi connectivity index (χ4n) is 1.34. The molecule has 0 aliphatic carbocycles. The third-order valence-corrected chi connectivity index (χ3v) is 3.28. The topological polar surface area (TPSA) is 38.3 Å². The molecule has 5 heteroatoms. The molecular weight excluding hydrogens is 222 g/mol. The van der Waals surface area contributed by atoms with Gasteiger partial charge < -0.3 is 10.1 Å². The number of nitrogens with one attached hydrogen (secondary N) is 1. The van der Waals surface area contributed by atoms with E-state index >= 15 is 0 Å². The van der Waals surface area contributed by atoms with Crippen LogP contribution in [0.1, 0.15) is 9.67 Å². The van der Waals surface area contributed by atoms with Crippen LogP contribution >= 0.6 is 22.9 Å². The lowest BCUT2D eigenvalue weighted by Crippen LogP contribution is -2.42. The number of halogens is 1. The summed E-state index contributed by atoms with van der Waals surface area (Å²) in [5, 5.41) is 3.12. The molecule has 0 saturated carbocycles. The Hall–Kier alpha value is -0.420. The largest absolute Gasteiger partial charge is 0.367 e. The van der Waals surface area contributed by atoms with Crippen molar-refractivity contribution >= 4 is 28.7 Å². The standard InChI is InChI=1S/C9H10ClNO2S/c10-8-2-1-7(14-8)9(12)6-5-11-3-4-13-6/h1-2,6,11H,3-5H2. The van der Waals surface area contributed by atoms with Gasteiger partial charge in [-0.3, -0.25) is 4.79 Å². The Morgan fingerprint density at radius 1 is 1.64 bits per heavy atom. The molecule has 1 unspecified atom stereocenters. The maximum Gasteiger partial charge on any atom is 0.202 e. The minimum absolute atomic E-state index is 0.0223. The van der Waals surface area contributed by atoms with Crippen molar-refractivity contribution < 1.29 is 9.53 Å². The number of carbonyl (C=O) groups is 1. The quantitative estimate of drug-likeness (QED) is 0.786. The Morgan fingerprint density at radius 2 is 2.50 bits per heavy atom. The second-order valence-corrected chi connectivity index (χ2v) is 4.75. The lowest BCUT2D eigenvalue weighted by atomic mass is 10.2. The maximum atomic E-state index is 11.8. The van der Waals surface area contributed by atoms with Crippen molar-refractivity contribution in [3.63, 3.8) is 0 Å². The van der Waals surface area contributed by atoms with E-state index in [1.807, 2.05) is 0 Å². The van der Waals surface area contributed by atoms with Crippen molar-refractivity contribution in [1.82, 2.24) is 5.32 Å². The summed E-state index contributed by atoms with van der Waals surface area (Å²) in [6, 6.07) is 3.48. The lowest BCUT2D eigenvalue weighted by Gasteiger charge is -2.21. The summed E-state index contributed by atoms with van der Waals surface area (Å²) < 4.78 is 5.99. The molecule has 1 aliphatic heterocycles. The van der Waals surface area contributed by atoms with Gasteiger partial charge >= 0.3 is 0 Å². The number of Topliss-reactive ketones (excluding diaryl/α,β-unsaturated/α-hetero) is 1. The Labute approximate surface area is 91.0 Å². The highest BCUT2D eigenvalue weighted by molar-refractivity contribution is 7.18. The molecule has 1 aromatic rings. The number of rotatable bonds is 2. The Bertz CT molecular complexity index is 333. The second kappa shape index (κ2) is 4.40. The van der Waals surface area contributed by atoms with Gasteiger partial charge in [0.1, 0.15) is 6.10 Å². The number of morpholine rings is 1. The summed E-state index contributed by atoms with van der Waals surface area (Å²) >= 11 is 7.05. The molecule has 1 N–H and O–H groups in total. The van der Waals surface area contributed by atoms with E-state index in [0.717, 1.165) is 6.54 Å². The average Bonchev–Trinajstić information content (AvgIpc) is 2.65. The molecule has 76 valence electrons. The third kappa shape index (κ3) is 2.15. The second-order valence-electron chi connectivity index (χ2n) is 3.03. The van der Waals surface area contributed by atoms with Crippen LogP contribution in [0.2, 0.25) is 4.34 Å². The zero-order chi connectivity index (χ0) is 9.97. The first kappa shape index (κ1) is 10.1. The predicted molar refractivity (Wildman–Crippen MR) is 56.3 cm³/mol. The number of hydrogen-bond acceptors (Lipinski definition) is 4. The molecule has 2 heterocycles. The van der Waals surface area contributed by atoms with E-state index in [9.17, 15) is 4.79 Å². The molecular formula is C9H10ClNO2S. The van der Waals surface area contributed by atoms with Gasteiger partial charge in [-0.1, -0.05) is 11.6 Å². The lowest BCUT2D eigenvalue weighted by molar-refractivity contribution is 0.0272. The molecule has 14 heavy (non-hydrogen) atoms. The van der Waals surface area contributed by atoms with Crippen molar-refractivity contribution in [3.05, 3.63) is 21.3 Å². The van der Waals surface area contributed by atoms with Crippen LogP contribution in [0.5, 0.6) is 0 Å². The van der Waals surface area contributed by atoms with Gasteiger partial charge in [0, 0.05) is 13.1 Å². The molecule has 1 fully saturated rings. The van der Waals surface area contributed by atoms with Crippen LogP contribution in [0.3, 0.4) is 0 Å². The zero-order valence-electron chi connectivity index (χ0n) is 7.46. The van der Waals surface area contributed by atoms with Gasteiger partial charge in [0.15, 0.2) is 0 Å². The third-order valence-electron chi connectivity index (χ3n) is 2.04. The van der Waals surface area contributed by atoms with Gasteiger partial charge in [0.25, 0.3) is 0 Å². The van der Waals surface area contributed by atoms with Gasteiger partial charge in [0.2, 0.25) is 5.78 Å². The van der Waals surface area contributed by atoms with Crippen molar-refractivity contribution in [2.75, 3.05) is 19.7 Å². The van der Waals surface area contributed by atoms with Crippen molar-refractivity contribution in [2.45, 2.75) is 6.10 Å². The summed E-state index contributed by atoms with van der Waals surface area (Å²) in [5.41, 5.74) is 0. The fraction of sp³-hybridized carbons (Fsp3) is 0.444. The van der Waals surface area contributed by atoms with Crippen LogP contribution < -0.4 is 5.32 Å². The first-order valence-electron chi connectivity index (χ1n) is 4.39. The summed E-state index contributed by atoms with van der Waals surface area (Å²) in [7, 11) is 0. The van der Waals surface area contributed by atoms with E-state index in [0.29, 0.717) is 22.4 Å². The highest BCUT2D eigenvalue weighted by Crippen LogP contribution is 2.23. The van der Waals surface area contributed by atoms with Crippen molar-refractivity contribution in [1.29, 1.82) is 0 Å². The normalized spacial score (nSPS) is 22.2. The van der Waals surface area contributed by atoms with E-state index in [1.54, 1.807) is 12.1 Å². The number of carbonyl (C=O) groups excluding carboxylic acids is 1. The van der Waals surface area contributed by atoms with Crippen molar-refractivity contribution in [2.24, 2.45) is 0 Å². The maximum absolute atomic E-state index is 11.8. The van der Waals surface area contributed by atoms with E-state index in [4.69, 9.17) is 16.3 Å². The first-order chi connectivity index (χ1) is 6.77. The molecule has 0 amide bonds. The highest BCUT2D eigenvalue weighted by Gasteiger charge is 2.23. The fourth-order valence-corrected chi connectivity index (χ4v) is 2.37. The van der Waals surface area contributed by atoms with Crippen LogP contribution in [0.25, 0.3) is 0 Å². The van der Waals surface area contributed by atoms with Gasteiger partial charge in [-0.2, -0.15) is 0 Å². The van der Waals surface area contributed by atoms with Gasteiger partial charge in [-0.25, -0.2) is 0 Å². The molecule has 1 aliphatic rings. The van der Waals surface area contributed by atoms with E-state index < -0.39 is 0 Å². The minimum Gasteiger partial charge on any atom is -0.367 e. The smallest absolute Gasteiger partial charge is 0.202 e. The summed E-state index contributed by atoms with van der Waals surface area (Å²) in [6.07, 6.45) is -0.349. The minimum atomic E-state index is -0.349. The zero-order valence-corrected chi connectivity index (χ0v) is 9.03. The van der Waals surface area contributed by atoms with Gasteiger partial charge in [-0.15, -0.1) is 11.3 Å². The van der Waals surface area contributed by atoms with Gasteiger partial charge in [0.05, 0.1) is 15.8 Å². The Morgan fingerprint density at radius 3 is 3.07 bits per heavy atom. The highest BCUT2D eigenvalue weighted by atomic mass is 35.5. The molecule has 0 bridgehead atoms. The first-order valence-corrected chi connectivity index (χ1v) is 5.58. The molecule has 1 atom stereocenters. The average molecular weight is 232 g/mol. The predicted octanol–water partition coefficient (Wildman–Crippen LogP) is 1.57. The molecule has 1 saturated heterocycles. The van der Waals surface area contributed by atoms with E-state index in [2.05, 4.69) is 5.32 Å². The molecule has 2 rings (SSSR count). The van der Waals surface area contributed by atoms with Crippen LogP contribution in [0.4, 0.5) is 0 Å². The van der Waals surface area contributed by atoms with E-state index in [-0.39, 0.29) is 11.9 Å². The van der Waals surface area contributed by atoms with Crippen LogP contribution in [-0.4, -0.2) is 31.6 Å². The summed E-state index contributed by atoms with van der Waals surface area (Å²) in [5.74, 6) is 0.0223. The van der Waals surface area contributed by atoms with Gasteiger partial charge in [-0.05, 0) is 12.1 Å². The summed E-state index contributed by atoms with van der Waals surface area (Å²) in [6.45, 7) is 2.00. The van der Waals surface area contributed by atoms with Crippen LogP contribution in [0.15, 0.2) is 12.1 Å². The summed E-state index contributed by atoms with van der Waals surface area (Å²) in [4.78, 5) is 12.5. The number of hydrogen-bond donors (Lipinski definition) is 1. The SMILES string of the molecule is O=C(c1ccc(Cl)s1)C1CNCCO1. The molecule has 0 radical (unpaired) electrons. The van der Waals surface area contributed by atoms with E-state index in [1.165, 1.54) is 11.3 Å². The van der Waals surface area contributed by atoms with Crippen LogP contribution in [0, 0.1) is 0 Å². The molecule has 3 nitrogen and oxygen atoms in total. The van der Waals surface area contributed by atoms with Crippen LogP contribution in [-0.2, 0) is 4.74 Å². The number of thiophene rings is 1. The molecule has 0 spiro atoms. The Kier molecular flexibility index (Phi) is 3.18. The number of ketones is 1. The molecule has 0 aromatic carbocycles. The number of ether oxygens (including phenoxy) is 1. The van der Waals surface area contributed by atoms with Crippen molar-refractivity contribution in [3.8, 4) is 0 Å². The monoisotopic (exact) mass is 231 g/mol.